The fourth-order valence-corrected chi connectivity index (χ4v) is 3.19. The number of nitrogens with two attached hydrogens (primary N) is 1. The zero-order valence-electron chi connectivity index (χ0n) is 11.7. The molecule has 6 heteroatoms. The molecule has 0 aliphatic carbocycles. The molecular formula is C15H18N2O3S. The van der Waals surface area contributed by atoms with Gasteiger partial charge in [0.15, 0.2) is 0 Å². The maximum absolute atomic E-state index is 12.4. The van der Waals surface area contributed by atoms with E-state index in [9.17, 15) is 13.5 Å². The highest BCUT2D eigenvalue weighted by Gasteiger charge is 2.21. The van der Waals surface area contributed by atoms with E-state index in [1.165, 1.54) is 12.1 Å². The maximum Gasteiger partial charge on any atom is 0.241 e. The van der Waals surface area contributed by atoms with E-state index in [0.717, 1.165) is 5.56 Å². The van der Waals surface area contributed by atoms with Crippen LogP contribution in [0.15, 0.2) is 53.4 Å². The van der Waals surface area contributed by atoms with E-state index in [2.05, 4.69) is 4.72 Å². The summed E-state index contributed by atoms with van der Waals surface area (Å²) < 4.78 is 27.2. The molecule has 0 aliphatic heterocycles. The second-order valence-corrected chi connectivity index (χ2v) is 6.50. The van der Waals surface area contributed by atoms with Crippen LogP contribution in [0.4, 0.5) is 5.69 Å². The van der Waals surface area contributed by atoms with Gasteiger partial charge in [0.25, 0.3) is 0 Å². The van der Waals surface area contributed by atoms with Crippen molar-refractivity contribution in [3.63, 3.8) is 0 Å². The second-order valence-electron chi connectivity index (χ2n) is 4.79. The molecule has 0 heterocycles. The first kappa shape index (κ1) is 15.5. The lowest BCUT2D eigenvalue weighted by atomic mass is 10.1. The molecule has 0 saturated carbocycles. The van der Waals surface area contributed by atoms with Gasteiger partial charge in [-0.3, -0.25) is 0 Å². The van der Waals surface area contributed by atoms with Gasteiger partial charge in [-0.15, -0.1) is 0 Å². The van der Waals surface area contributed by atoms with Crippen LogP contribution in [0.1, 0.15) is 17.2 Å². The van der Waals surface area contributed by atoms with E-state index >= 15 is 0 Å². The Labute approximate surface area is 124 Å². The van der Waals surface area contributed by atoms with Crippen molar-refractivity contribution in [2.75, 3.05) is 12.3 Å². The zero-order chi connectivity index (χ0) is 15.5. The van der Waals surface area contributed by atoms with E-state index in [1.807, 2.05) is 6.07 Å². The predicted molar refractivity (Wildman–Crippen MR) is 82.2 cm³/mol. The van der Waals surface area contributed by atoms with E-state index in [4.69, 9.17) is 5.73 Å². The van der Waals surface area contributed by atoms with Crippen LogP contribution < -0.4 is 10.5 Å². The van der Waals surface area contributed by atoms with Crippen LogP contribution in [0.3, 0.4) is 0 Å². The molecule has 0 bridgehead atoms. The van der Waals surface area contributed by atoms with E-state index in [1.54, 1.807) is 37.3 Å². The van der Waals surface area contributed by atoms with Gasteiger partial charge in [0.05, 0.1) is 17.5 Å². The molecule has 0 aliphatic rings. The molecule has 112 valence electrons. The molecule has 0 aromatic heterocycles. The Bertz CT molecular complexity index is 715. The van der Waals surface area contributed by atoms with Gasteiger partial charge in [-0.25, -0.2) is 13.1 Å². The Morgan fingerprint density at radius 1 is 1.19 bits per heavy atom. The van der Waals surface area contributed by atoms with Gasteiger partial charge in [0.1, 0.15) is 0 Å². The molecule has 0 spiro atoms. The molecule has 2 aromatic carbocycles. The van der Waals surface area contributed by atoms with Crippen molar-refractivity contribution in [2.45, 2.75) is 17.9 Å². The molecule has 2 rings (SSSR count). The number of sulfonamides is 1. The van der Waals surface area contributed by atoms with Gasteiger partial charge in [0.2, 0.25) is 10.0 Å². The second kappa shape index (κ2) is 6.26. The normalized spacial score (nSPS) is 13.0. The number of rotatable bonds is 5. The number of benzene rings is 2. The molecule has 21 heavy (non-hydrogen) atoms. The van der Waals surface area contributed by atoms with Crippen LogP contribution >= 0.6 is 0 Å². The van der Waals surface area contributed by atoms with Gasteiger partial charge in [-0.2, -0.15) is 0 Å². The fraction of sp³-hybridized carbons (Fsp3) is 0.200. The van der Waals surface area contributed by atoms with E-state index in [-0.39, 0.29) is 11.5 Å². The van der Waals surface area contributed by atoms with Crippen LogP contribution in [0.25, 0.3) is 0 Å². The molecule has 1 unspecified atom stereocenters. The molecule has 0 amide bonds. The fourth-order valence-electron chi connectivity index (χ4n) is 1.94. The van der Waals surface area contributed by atoms with Gasteiger partial charge < -0.3 is 10.8 Å². The number of aryl methyl sites for hydroxylation is 1. The zero-order valence-corrected chi connectivity index (χ0v) is 12.5. The SMILES string of the molecule is Cc1ccc(S(=O)(=O)NC(CO)c2ccccc2)cc1N. The van der Waals surface area contributed by atoms with Crippen molar-refractivity contribution >= 4 is 15.7 Å². The highest BCUT2D eigenvalue weighted by atomic mass is 32.2. The summed E-state index contributed by atoms with van der Waals surface area (Å²) in [6.45, 7) is 1.48. The minimum absolute atomic E-state index is 0.0833. The third-order valence-corrected chi connectivity index (χ3v) is 4.71. The first-order chi connectivity index (χ1) is 9.94. The first-order valence-electron chi connectivity index (χ1n) is 6.48. The average Bonchev–Trinajstić information content (AvgIpc) is 2.48. The highest BCUT2D eigenvalue weighted by Crippen LogP contribution is 2.20. The minimum Gasteiger partial charge on any atom is -0.398 e. The molecule has 1 atom stereocenters. The maximum atomic E-state index is 12.4. The summed E-state index contributed by atoms with van der Waals surface area (Å²) in [4.78, 5) is 0.0833. The minimum atomic E-state index is -3.75. The van der Waals surface area contributed by atoms with Crippen molar-refractivity contribution in [2.24, 2.45) is 0 Å². The van der Waals surface area contributed by atoms with Crippen molar-refractivity contribution < 1.29 is 13.5 Å². The molecule has 5 nitrogen and oxygen atoms in total. The number of anilines is 1. The Balaban J connectivity index is 2.29. The van der Waals surface area contributed by atoms with Gasteiger partial charge in [-0.05, 0) is 30.2 Å². The number of nitrogens with one attached hydrogen (secondary N) is 1. The summed E-state index contributed by atoms with van der Waals surface area (Å²) in [5.41, 5.74) is 7.68. The van der Waals surface area contributed by atoms with E-state index < -0.39 is 16.1 Å². The molecular weight excluding hydrogens is 288 g/mol. The van der Waals surface area contributed by atoms with Crippen LogP contribution in [0.5, 0.6) is 0 Å². The topological polar surface area (TPSA) is 92.4 Å². The molecule has 0 saturated heterocycles. The largest absolute Gasteiger partial charge is 0.398 e. The molecule has 0 fully saturated rings. The standard InChI is InChI=1S/C15H18N2O3S/c1-11-7-8-13(9-14(11)16)21(19,20)17-15(10-18)12-5-3-2-4-6-12/h2-9,15,17-18H,10,16H2,1H3. The third-order valence-electron chi connectivity index (χ3n) is 3.24. The Morgan fingerprint density at radius 3 is 2.43 bits per heavy atom. The van der Waals surface area contributed by atoms with Crippen LogP contribution in [0.2, 0.25) is 0 Å². The number of aliphatic hydroxyl groups excluding tert-OH is 1. The van der Waals surface area contributed by atoms with Crippen molar-refractivity contribution in [1.29, 1.82) is 0 Å². The summed E-state index contributed by atoms with van der Waals surface area (Å²) in [7, 11) is -3.75. The highest BCUT2D eigenvalue weighted by molar-refractivity contribution is 7.89. The van der Waals surface area contributed by atoms with Crippen LogP contribution in [-0.2, 0) is 10.0 Å². The van der Waals surface area contributed by atoms with Gasteiger partial charge in [0, 0.05) is 5.69 Å². The molecule has 2 aromatic rings. The van der Waals surface area contributed by atoms with Crippen molar-refractivity contribution in [1.82, 2.24) is 4.72 Å². The van der Waals surface area contributed by atoms with Crippen LogP contribution in [-0.4, -0.2) is 20.1 Å². The van der Waals surface area contributed by atoms with E-state index in [0.29, 0.717) is 11.3 Å². The third kappa shape index (κ3) is 3.60. The number of hydrogen-bond acceptors (Lipinski definition) is 4. The summed E-state index contributed by atoms with van der Waals surface area (Å²) in [6.07, 6.45) is 0. The summed E-state index contributed by atoms with van der Waals surface area (Å²) >= 11 is 0. The van der Waals surface area contributed by atoms with Gasteiger partial charge in [-0.1, -0.05) is 36.4 Å². The monoisotopic (exact) mass is 306 g/mol. The number of nitrogen functional groups attached to an aromatic ring is 1. The molecule has 4 N–H and O–H groups in total. The number of aliphatic hydroxyl groups is 1. The lowest BCUT2D eigenvalue weighted by molar-refractivity contribution is 0.259. The first-order valence-corrected chi connectivity index (χ1v) is 7.96. The summed E-state index contributed by atoms with van der Waals surface area (Å²) in [6, 6.07) is 12.8. The smallest absolute Gasteiger partial charge is 0.241 e. The Kier molecular flexibility index (Phi) is 4.62. The Hall–Kier alpha value is -1.89. The van der Waals surface area contributed by atoms with Crippen molar-refractivity contribution in [3.05, 3.63) is 59.7 Å². The summed E-state index contributed by atoms with van der Waals surface area (Å²) in [5, 5.41) is 9.44. The summed E-state index contributed by atoms with van der Waals surface area (Å²) in [5.74, 6) is 0. The average molecular weight is 306 g/mol. The Morgan fingerprint density at radius 2 is 1.86 bits per heavy atom. The van der Waals surface area contributed by atoms with Gasteiger partial charge >= 0.3 is 0 Å². The van der Waals surface area contributed by atoms with Crippen molar-refractivity contribution in [3.8, 4) is 0 Å². The quantitative estimate of drug-likeness (QED) is 0.731. The van der Waals surface area contributed by atoms with Crippen LogP contribution in [0, 0.1) is 6.92 Å². The lowest BCUT2D eigenvalue weighted by Gasteiger charge is -2.17. The lowest BCUT2D eigenvalue weighted by Crippen LogP contribution is -2.31. The number of hydrogen-bond donors (Lipinski definition) is 3. The molecule has 0 radical (unpaired) electrons. The predicted octanol–water partition coefficient (Wildman–Crippen LogP) is 1.59.